The monoisotopic (exact) mass is 191 g/mol. The molecule has 0 unspecified atom stereocenters. The molecule has 1 heterocycles. The van der Waals surface area contributed by atoms with Crippen LogP contribution >= 0.6 is 0 Å². The van der Waals surface area contributed by atoms with E-state index in [0.29, 0.717) is 30.4 Å². The van der Waals surface area contributed by atoms with Gasteiger partial charge < -0.3 is 9.47 Å². The summed E-state index contributed by atoms with van der Waals surface area (Å²) in [7, 11) is 0. The Kier molecular flexibility index (Phi) is 2.16. The molecule has 0 saturated heterocycles. The van der Waals surface area contributed by atoms with Crippen molar-refractivity contribution in [1.29, 1.82) is 0 Å². The summed E-state index contributed by atoms with van der Waals surface area (Å²) >= 11 is 0. The molecule has 0 bridgehead atoms. The number of hydrogen-bond donors (Lipinski definition) is 0. The van der Waals surface area contributed by atoms with Gasteiger partial charge in [-0.1, -0.05) is 5.11 Å². The van der Waals surface area contributed by atoms with Crippen LogP contribution < -0.4 is 9.47 Å². The second kappa shape index (κ2) is 3.47. The van der Waals surface area contributed by atoms with Crippen molar-refractivity contribution in [3.8, 4) is 11.5 Å². The first-order chi connectivity index (χ1) is 6.81. The van der Waals surface area contributed by atoms with Gasteiger partial charge in [0, 0.05) is 10.6 Å². The zero-order chi connectivity index (χ0) is 9.97. The Morgan fingerprint density at radius 1 is 1.29 bits per heavy atom. The van der Waals surface area contributed by atoms with Crippen LogP contribution in [0.15, 0.2) is 17.2 Å². The Bertz CT molecular complexity index is 411. The first-order valence-corrected chi connectivity index (χ1v) is 4.26. The fraction of sp³-hybridized carbons (Fsp3) is 0.333. The molecular weight excluding hydrogens is 182 g/mol. The van der Waals surface area contributed by atoms with E-state index >= 15 is 0 Å². The third-order valence-electron chi connectivity index (χ3n) is 2.01. The predicted molar refractivity (Wildman–Crippen MR) is 51.0 cm³/mol. The number of rotatable bonds is 1. The van der Waals surface area contributed by atoms with Gasteiger partial charge in [-0.05, 0) is 30.2 Å². The number of aryl methyl sites for hydroxylation is 1. The molecule has 0 fully saturated rings. The Labute approximate surface area is 80.9 Å². The highest BCUT2D eigenvalue weighted by atomic mass is 16.6. The molecular formula is C9H9N3O2. The van der Waals surface area contributed by atoms with E-state index in [-0.39, 0.29) is 0 Å². The van der Waals surface area contributed by atoms with Gasteiger partial charge in [0.05, 0.1) is 0 Å². The molecule has 5 heteroatoms. The van der Waals surface area contributed by atoms with E-state index in [4.69, 9.17) is 15.0 Å². The largest absolute Gasteiger partial charge is 0.486 e. The average Bonchev–Trinajstić information content (AvgIpc) is 2.19. The molecule has 2 rings (SSSR count). The van der Waals surface area contributed by atoms with Crippen LogP contribution in [-0.4, -0.2) is 13.2 Å². The van der Waals surface area contributed by atoms with E-state index in [1.807, 2.05) is 13.0 Å². The maximum Gasteiger partial charge on any atom is 0.161 e. The van der Waals surface area contributed by atoms with Crippen molar-refractivity contribution < 1.29 is 9.47 Å². The van der Waals surface area contributed by atoms with E-state index in [2.05, 4.69) is 10.0 Å². The lowest BCUT2D eigenvalue weighted by Gasteiger charge is -2.19. The fourth-order valence-electron chi connectivity index (χ4n) is 1.34. The smallest absolute Gasteiger partial charge is 0.161 e. The van der Waals surface area contributed by atoms with Crippen molar-refractivity contribution in [2.24, 2.45) is 5.11 Å². The van der Waals surface area contributed by atoms with Crippen molar-refractivity contribution in [2.75, 3.05) is 13.2 Å². The highest BCUT2D eigenvalue weighted by Gasteiger charge is 2.13. The molecule has 0 aromatic heterocycles. The molecule has 14 heavy (non-hydrogen) atoms. The van der Waals surface area contributed by atoms with E-state index in [1.165, 1.54) is 0 Å². The van der Waals surface area contributed by atoms with Crippen LogP contribution in [0.4, 0.5) is 5.69 Å². The Balaban J connectivity index is 2.50. The van der Waals surface area contributed by atoms with Crippen LogP contribution in [-0.2, 0) is 0 Å². The second-order valence-electron chi connectivity index (χ2n) is 2.97. The molecule has 0 atom stereocenters. The normalized spacial score (nSPS) is 13.2. The van der Waals surface area contributed by atoms with Crippen LogP contribution in [0.5, 0.6) is 11.5 Å². The van der Waals surface area contributed by atoms with Crippen LogP contribution in [0, 0.1) is 6.92 Å². The number of fused-ring (bicyclic) bond motifs is 1. The maximum atomic E-state index is 8.33. The topological polar surface area (TPSA) is 67.2 Å². The van der Waals surface area contributed by atoms with E-state index in [1.54, 1.807) is 6.07 Å². The Morgan fingerprint density at radius 2 is 1.93 bits per heavy atom. The summed E-state index contributed by atoms with van der Waals surface area (Å²) in [5.41, 5.74) is 9.80. The first kappa shape index (κ1) is 8.72. The van der Waals surface area contributed by atoms with Crippen molar-refractivity contribution in [2.45, 2.75) is 6.92 Å². The van der Waals surface area contributed by atoms with Crippen LogP contribution in [0.3, 0.4) is 0 Å². The number of nitrogens with zero attached hydrogens (tertiary/aromatic N) is 3. The van der Waals surface area contributed by atoms with Gasteiger partial charge in [0.25, 0.3) is 0 Å². The van der Waals surface area contributed by atoms with Gasteiger partial charge in [0.2, 0.25) is 0 Å². The molecule has 0 N–H and O–H groups in total. The van der Waals surface area contributed by atoms with Gasteiger partial charge in [-0.25, -0.2) is 0 Å². The third kappa shape index (κ3) is 1.45. The summed E-state index contributed by atoms with van der Waals surface area (Å²) in [5.74, 6) is 1.36. The standard InChI is InChI=1S/C9H9N3O2/c1-6-4-8-9(14-3-2-13-8)5-7(6)11-12-10/h4-5H,2-3H2,1H3. The van der Waals surface area contributed by atoms with Gasteiger partial charge in [-0.2, -0.15) is 0 Å². The minimum absolute atomic E-state index is 0.534. The molecule has 0 saturated carbocycles. The molecule has 0 amide bonds. The van der Waals surface area contributed by atoms with E-state index in [9.17, 15) is 0 Å². The van der Waals surface area contributed by atoms with E-state index in [0.717, 1.165) is 5.56 Å². The molecule has 1 aliphatic heterocycles. The number of ether oxygens (including phenoxy) is 2. The van der Waals surface area contributed by atoms with Gasteiger partial charge in [-0.15, -0.1) is 0 Å². The zero-order valence-electron chi connectivity index (χ0n) is 7.73. The highest BCUT2D eigenvalue weighted by Crippen LogP contribution is 2.36. The van der Waals surface area contributed by atoms with Crippen LogP contribution in [0.25, 0.3) is 10.4 Å². The number of hydrogen-bond acceptors (Lipinski definition) is 3. The first-order valence-electron chi connectivity index (χ1n) is 4.26. The summed E-state index contributed by atoms with van der Waals surface area (Å²) in [6, 6.07) is 3.52. The highest BCUT2D eigenvalue weighted by molar-refractivity contribution is 5.57. The maximum absolute atomic E-state index is 8.33. The summed E-state index contributed by atoms with van der Waals surface area (Å²) in [6.07, 6.45) is 0. The quantitative estimate of drug-likeness (QED) is 0.389. The molecule has 72 valence electrons. The van der Waals surface area contributed by atoms with E-state index < -0.39 is 0 Å². The van der Waals surface area contributed by atoms with Gasteiger partial charge in [-0.3, -0.25) is 0 Å². The minimum atomic E-state index is 0.534. The molecule has 1 aromatic carbocycles. The SMILES string of the molecule is Cc1cc2c(cc1N=[N+]=[N-])OCCO2. The van der Waals surface area contributed by atoms with Gasteiger partial charge in [0.15, 0.2) is 11.5 Å². The predicted octanol–water partition coefficient (Wildman–Crippen LogP) is 2.71. The Hall–Kier alpha value is -1.87. The summed E-state index contributed by atoms with van der Waals surface area (Å²) in [4.78, 5) is 2.74. The lowest BCUT2D eigenvalue weighted by Crippen LogP contribution is -2.15. The van der Waals surface area contributed by atoms with Gasteiger partial charge >= 0.3 is 0 Å². The average molecular weight is 191 g/mol. The summed E-state index contributed by atoms with van der Waals surface area (Å²) in [5, 5.41) is 3.56. The molecule has 0 aliphatic carbocycles. The third-order valence-corrected chi connectivity index (χ3v) is 2.01. The molecule has 0 radical (unpaired) electrons. The molecule has 5 nitrogen and oxygen atoms in total. The van der Waals surface area contributed by atoms with Crippen molar-refractivity contribution in [3.63, 3.8) is 0 Å². The number of azide groups is 1. The second-order valence-corrected chi connectivity index (χ2v) is 2.97. The Morgan fingerprint density at radius 3 is 2.57 bits per heavy atom. The van der Waals surface area contributed by atoms with Crippen LogP contribution in [0.1, 0.15) is 5.56 Å². The summed E-state index contributed by atoms with van der Waals surface area (Å²) < 4.78 is 10.7. The summed E-state index contributed by atoms with van der Waals surface area (Å²) in [6.45, 7) is 2.96. The molecule has 1 aromatic rings. The molecule has 1 aliphatic rings. The molecule has 0 spiro atoms. The van der Waals surface area contributed by atoms with Crippen molar-refractivity contribution in [3.05, 3.63) is 28.1 Å². The van der Waals surface area contributed by atoms with Crippen molar-refractivity contribution >= 4 is 5.69 Å². The van der Waals surface area contributed by atoms with Gasteiger partial charge in [0.1, 0.15) is 13.2 Å². The lowest BCUT2D eigenvalue weighted by atomic mass is 10.2. The zero-order valence-corrected chi connectivity index (χ0v) is 7.73. The van der Waals surface area contributed by atoms with Crippen molar-refractivity contribution in [1.82, 2.24) is 0 Å². The fourth-order valence-corrected chi connectivity index (χ4v) is 1.34. The minimum Gasteiger partial charge on any atom is -0.486 e. The number of benzene rings is 1. The lowest BCUT2D eigenvalue weighted by molar-refractivity contribution is 0.171. The van der Waals surface area contributed by atoms with Crippen LogP contribution in [0.2, 0.25) is 0 Å².